The van der Waals surface area contributed by atoms with Gasteiger partial charge in [-0.15, -0.1) is 0 Å². The number of benzene rings is 1. The zero-order valence-electron chi connectivity index (χ0n) is 13.5. The smallest absolute Gasteiger partial charge is 0.324 e. The summed E-state index contributed by atoms with van der Waals surface area (Å²) in [5, 5.41) is 0. The second kappa shape index (κ2) is 7.75. The molecule has 1 aliphatic carbocycles. The molecule has 0 fully saturated rings. The van der Waals surface area contributed by atoms with Crippen molar-refractivity contribution in [2.24, 2.45) is 0 Å². The number of hydrogen-bond donors (Lipinski definition) is 1. The fourth-order valence-corrected chi connectivity index (χ4v) is 3.76. The van der Waals surface area contributed by atoms with Crippen molar-refractivity contribution < 1.29 is 17.9 Å². The summed E-state index contributed by atoms with van der Waals surface area (Å²) in [6, 6.07) is 5.65. The van der Waals surface area contributed by atoms with Crippen LogP contribution in [0.4, 0.5) is 0 Å². The molecule has 0 spiro atoms. The van der Waals surface area contributed by atoms with E-state index in [4.69, 9.17) is 4.74 Å². The molecule has 2 rings (SSSR count). The van der Waals surface area contributed by atoms with Gasteiger partial charge < -0.3 is 4.74 Å². The Kier molecular flexibility index (Phi) is 5.96. The normalized spacial score (nSPS) is 16.0. The maximum absolute atomic E-state index is 12.5. The third-order valence-electron chi connectivity index (χ3n) is 3.80. The Bertz CT molecular complexity index is 677. The average molecular weight is 337 g/mol. The van der Waals surface area contributed by atoms with Crippen LogP contribution >= 0.6 is 0 Å². The van der Waals surface area contributed by atoms with Crippen molar-refractivity contribution in [3.63, 3.8) is 0 Å². The Morgan fingerprint density at radius 1 is 1.30 bits per heavy atom. The Balaban J connectivity index is 2.17. The molecule has 0 radical (unpaired) electrons. The summed E-state index contributed by atoms with van der Waals surface area (Å²) >= 11 is 0. The summed E-state index contributed by atoms with van der Waals surface area (Å²) in [6.07, 6.45) is 5.38. The fourth-order valence-electron chi connectivity index (χ4n) is 2.57. The van der Waals surface area contributed by atoms with Gasteiger partial charge in [-0.2, -0.15) is 4.72 Å². The standard InChI is InChI=1S/C17H23NO4S/c1-3-22-17(19)16(12-14-6-4-5-7-14)18-23(20,21)15-10-8-13(2)9-11-15/h6,8-11,16,18H,3-5,7,12H2,1-2H3. The molecule has 1 atom stereocenters. The molecule has 1 aliphatic rings. The molecular weight excluding hydrogens is 314 g/mol. The van der Waals surface area contributed by atoms with Crippen LogP contribution in [-0.2, 0) is 19.6 Å². The summed E-state index contributed by atoms with van der Waals surface area (Å²) < 4.78 is 32.5. The molecular formula is C17H23NO4S. The minimum atomic E-state index is -3.76. The number of rotatable bonds is 7. The molecule has 0 saturated heterocycles. The van der Waals surface area contributed by atoms with Crippen LogP contribution in [0.25, 0.3) is 0 Å². The predicted octanol–water partition coefficient (Wildman–Crippen LogP) is 2.71. The maximum atomic E-state index is 12.5. The zero-order chi connectivity index (χ0) is 16.9. The van der Waals surface area contributed by atoms with E-state index in [2.05, 4.69) is 10.8 Å². The van der Waals surface area contributed by atoms with Gasteiger partial charge in [0.2, 0.25) is 10.0 Å². The summed E-state index contributed by atoms with van der Waals surface area (Å²) in [5.41, 5.74) is 2.08. The van der Waals surface area contributed by atoms with Crippen molar-refractivity contribution in [1.82, 2.24) is 4.72 Å². The van der Waals surface area contributed by atoms with Crippen molar-refractivity contribution >= 4 is 16.0 Å². The van der Waals surface area contributed by atoms with Crippen molar-refractivity contribution in [2.45, 2.75) is 50.5 Å². The van der Waals surface area contributed by atoms with Crippen LogP contribution in [0.5, 0.6) is 0 Å². The number of allylic oxidation sites excluding steroid dienone is 1. The number of nitrogens with one attached hydrogen (secondary N) is 1. The molecule has 1 unspecified atom stereocenters. The largest absolute Gasteiger partial charge is 0.465 e. The van der Waals surface area contributed by atoms with Crippen LogP contribution in [0.15, 0.2) is 40.8 Å². The topological polar surface area (TPSA) is 72.5 Å². The lowest BCUT2D eigenvalue weighted by Gasteiger charge is -2.18. The molecule has 0 bridgehead atoms. The van der Waals surface area contributed by atoms with E-state index in [1.54, 1.807) is 19.1 Å². The van der Waals surface area contributed by atoms with Gasteiger partial charge in [-0.25, -0.2) is 8.42 Å². The molecule has 1 N–H and O–H groups in total. The van der Waals surface area contributed by atoms with E-state index < -0.39 is 22.0 Å². The molecule has 0 saturated carbocycles. The van der Waals surface area contributed by atoms with Gasteiger partial charge in [-0.1, -0.05) is 29.3 Å². The third-order valence-corrected chi connectivity index (χ3v) is 5.29. The van der Waals surface area contributed by atoms with Gasteiger partial charge >= 0.3 is 5.97 Å². The molecule has 1 aromatic rings. The van der Waals surface area contributed by atoms with Crippen molar-refractivity contribution in [3.05, 3.63) is 41.5 Å². The summed E-state index contributed by atoms with van der Waals surface area (Å²) in [6.45, 7) is 3.82. The van der Waals surface area contributed by atoms with Gasteiger partial charge in [-0.3, -0.25) is 4.79 Å². The van der Waals surface area contributed by atoms with Crippen LogP contribution in [0.2, 0.25) is 0 Å². The predicted molar refractivity (Wildman–Crippen MR) is 88.5 cm³/mol. The van der Waals surface area contributed by atoms with Gasteiger partial charge in [-0.05, 0) is 51.7 Å². The quantitative estimate of drug-likeness (QED) is 0.613. The summed E-state index contributed by atoms with van der Waals surface area (Å²) in [7, 11) is -3.76. The van der Waals surface area contributed by atoms with E-state index in [0.29, 0.717) is 6.42 Å². The van der Waals surface area contributed by atoms with Crippen LogP contribution in [0.1, 0.15) is 38.2 Å². The zero-order valence-corrected chi connectivity index (χ0v) is 14.4. The highest BCUT2D eigenvalue weighted by molar-refractivity contribution is 7.89. The summed E-state index contributed by atoms with van der Waals surface area (Å²) in [5.74, 6) is -0.531. The number of esters is 1. The van der Waals surface area contributed by atoms with Gasteiger partial charge in [0.25, 0.3) is 0 Å². The molecule has 0 amide bonds. The first-order valence-electron chi connectivity index (χ1n) is 7.86. The number of hydrogen-bond acceptors (Lipinski definition) is 4. The van der Waals surface area contributed by atoms with Gasteiger partial charge in [0.15, 0.2) is 0 Å². The minimum Gasteiger partial charge on any atom is -0.465 e. The SMILES string of the molecule is CCOC(=O)C(CC1=CCCC1)NS(=O)(=O)c1ccc(C)cc1. The minimum absolute atomic E-state index is 0.151. The molecule has 1 aromatic carbocycles. The second-order valence-electron chi connectivity index (χ2n) is 5.70. The fraction of sp³-hybridized carbons (Fsp3) is 0.471. The molecule has 0 aromatic heterocycles. The molecule has 126 valence electrons. The molecule has 5 nitrogen and oxygen atoms in total. The Morgan fingerprint density at radius 2 is 2.00 bits per heavy atom. The van der Waals surface area contributed by atoms with E-state index in [1.165, 1.54) is 12.1 Å². The van der Waals surface area contributed by atoms with Crippen LogP contribution in [-0.4, -0.2) is 27.0 Å². The van der Waals surface area contributed by atoms with Crippen LogP contribution in [0, 0.1) is 6.92 Å². The van der Waals surface area contributed by atoms with E-state index >= 15 is 0 Å². The monoisotopic (exact) mass is 337 g/mol. The highest BCUT2D eigenvalue weighted by atomic mass is 32.2. The summed E-state index contributed by atoms with van der Waals surface area (Å²) in [4.78, 5) is 12.3. The first kappa shape index (κ1) is 17.7. The second-order valence-corrected chi connectivity index (χ2v) is 7.41. The maximum Gasteiger partial charge on any atom is 0.324 e. The van der Waals surface area contributed by atoms with Gasteiger partial charge in [0, 0.05) is 0 Å². The van der Waals surface area contributed by atoms with Crippen molar-refractivity contribution in [2.75, 3.05) is 6.61 Å². The van der Waals surface area contributed by atoms with E-state index in [1.807, 2.05) is 6.92 Å². The highest BCUT2D eigenvalue weighted by Gasteiger charge is 2.28. The molecule has 6 heteroatoms. The Hall–Kier alpha value is -1.66. The lowest BCUT2D eigenvalue weighted by molar-refractivity contribution is -0.145. The van der Waals surface area contributed by atoms with Gasteiger partial charge in [0.05, 0.1) is 11.5 Å². The van der Waals surface area contributed by atoms with Crippen LogP contribution in [0.3, 0.4) is 0 Å². The molecule has 0 heterocycles. The highest BCUT2D eigenvalue weighted by Crippen LogP contribution is 2.23. The average Bonchev–Trinajstić information content (AvgIpc) is 3.00. The van der Waals surface area contributed by atoms with E-state index in [0.717, 1.165) is 30.4 Å². The first-order valence-corrected chi connectivity index (χ1v) is 9.34. The van der Waals surface area contributed by atoms with Crippen molar-refractivity contribution in [1.29, 1.82) is 0 Å². The Morgan fingerprint density at radius 3 is 2.57 bits per heavy atom. The number of sulfonamides is 1. The van der Waals surface area contributed by atoms with E-state index in [9.17, 15) is 13.2 Å². The van der Waals surface area contributed by atoms with Crippen molar-refractivity contribution in [3.8, 4) is 0 Å². The number of aryl methyl sites for hydroxylation is 1. The Labute approximate surface area is 137 Å². The number of ether oxygens (including phenoxy) is 1. The molecule has 0 aliphatic heterocycles. The van der Waals surface area contributed by atoms with Crippen LogP contribution < -0.4 is 4.72 Å². The lowest BCUT2D eigenvalue weighted by atomic mass is 10.1. The van der Waals surface area contributed by atoms with Gasteiger partial charge in [0.1, 0.15) is 6.04 Å². The number of carbonyl (C=O) groups is 1. The lowest BCUT2D eigenvalue weighted by Crippen LogP contribution is -2.42. The first-order chi connectivity index (χ1) is 10.9. The third kappa shape index (κ3) is 4.91. The van der Waals surface area contributed by atoms with E-state index in [-0.39, 0.29) is 11.5 Å². The molecule has 23 heavy (non-hydrogen) atoms. The number of carbonyl (C=O) groups excluding carboxylic acids is 1.